The van der Waals surface area contributed by atoms with Crippen LogP contribution in [0.1, 0.15) is 91.9 Å². The first-order valence-electron chi connectivity index (χ1n) is 22.1. The van der Waals surface area contributed by atoms with E-state index in [1.807, 2.05) is 0 Å². The molecule has 3 aliphatic carbocycles. The first-order chi connectivity index (χ1) is 28.5. The normalized spacial score (nSPS) is 48.4. The van der Waals surface area contributed by atoms with Gasteiger partial charge in [-0.1, -0.05) is 45.8 Å². The van der Waals surface area contributed by atoms with Gasteiger partial charge in [-0.15, -0.1) is 0 Å². The maximum Gasteiger partial charge on any atom is 0.189 e. The van der Waals surface area contributed by atoms with Gasteiger partial charge in [-0.2, -0.15) is 0 Å². The Kier molecular flexibility index (Phi) is 16.9. The van der Waals surface area contributed by atoms with Crippen LogP contribution in [-0.4, -0.2) is 181 Å². The van der Waals surface area contributed by atoms with Crippen molar-refractivity contribution in [1.29, 1.82) is 0 Å². The molecule has 3 heterocycles. The Bertz CT molecular complexity index is 1380. The molecule has 0 bridgehead atoms. The lowest BCUT2D eigenvalue weighted by molar-refractivity contribution is -0.405. The third-order valence-electron chi connectivity index (χ3n) is 14.7. The standard InChI is InChI=1S/C42H72O18/c1-5-22(9-6-19(2)17-43)54-15-13-24-20(3)7-11-26-25(24)10-8-21-16-23(12-14-42(21,26)4)55-41-36(58-40-33(50)29(46)31(48)38(53)60-40)34(51)35(27(18-44)56-41)57-39-32(49)28(45)30(47)37(52)59-39/h8,19-20,22-41,43-53H,5-7,9-18H2,1-4H3/t19-,20?,22+,23?,24-,25+,26+,27?,28?,29?,30-,31-,32?,33?,34?,35-,36?,37?,38?,39-,40-,41-,42+/m1/s1. The Morgan fingerprint density at radius 1 is 0.750 bits per heavy atom. The summed E-state index contributed by atoms with van der Waals surface area (Å²) in [6, 6.07) is 0. The number of fused-ring (bicyclic) bond motifs is 3. The van der Waals surface area contributed by atoms with Crippen molar-refractivity contribution in [2.24, 2.45) is 35.0 Å². The molecule has 60 heavy (non-hydrogen) atoms. The summed E-state index contributed by atoms with van der Waals surface area (Å²) in [6.07, 6.45) is -15.7. The molecule has 3 saturated heterocycles. The van der Waals surface area contributed by atoms with Crippen LogP contribution in [0.4, 0.5) is 0 Å². The van der Waals surface area contributed by atoms with Gasteiger partial charge < -0.3 is 89.3 Å². The van der Waals surface area contributed by atoms with E-state index in [0.29, 0.717) is 43.1 Å². The molecule has 0 aromatic heterocycles. The van der Waals surface area contributed by atoms with E-state index in [2.05, 4.69) is 33.8 Å². The number of aliphatic hydroxyl groups is 11. The summed E-state index contributed by atoms with van der Waals surface area (Å²) in [5, 5.41) is 114. The lowest BCUT2D eigenvalue weighted by Crippen LogP contribution is -2.67. The van der Waals surface area contributed by atoms with Gasteiger partial charge in [0, 0.05) is 13.2 Å². The molecule has 18 nitrogen and oxygen atoms in total. The van der Waals surface area contributed by atoms with Crippen LogP contribution in [0, 0.1) is 35.0 Å². The van der Waals surface area contributed by atoms with Crippen LogP contribution in [-0.2, 0) is 33.2 Å². The van der Waals surface area contributed by atoms with Crippen LogP contribution in [0.25, 0.3) is 0 Å². The second-order valence-electron chi connectivity index (χ2n) is 18.6. The van der Waals surface area contributed by atoms with E-state index in [4.69, 9.17) is 33.2 Å². The van der Waals surface area contributed by atoms with Crippen LogP contribution in [0.3, 0.4) is 0 Å². The van der Waals surface area contributed by atoms with Gasteiger partial charge in [0.05, 0.1) is 18.8 Å². The minimum absolute atomic E-state index is 0.0689. The fourth-order valence-corrected chi connectivity index (χ4v) is 10.7. The van der Waals surface area contributed by atoms with Crippen molar-refractivity contribution < 1.29 is 89.3 Å². The molecule has 6 aliphatic rings. The van der Waals surface area contributed by atoms with E-state index >= 15 is 0 Å². The Morgan fingerprint density at radius 3 is 1.98 bits per heavy atom. The molecule has 0 amide bonds. The van der Waals surface area contributed by atoms with Crippen LogP contribution in [0.15, 0.2) is 11.6 Å². The largest absolute Gasteiger partial charge is 0.396 e. The lowest BCUT2D eigenvalue weighted by atomic mass is 9.50. The smallest absolute Gasteiger partial charge is 0.189 e. The monoisotopic (exact) mass is 864 g/mol. The summed E-state index contributed by atoms with van der Waals surface area (Å²) >= 11 is 0. The number of hydrogen-bond donors (Lipinski definition) is 11. The molecule has 2 saturated carbocycles. The zero-order valence-electron chi connectivity index (χ0n) is 35.2. The first-order valence-corrected chi connectivity index (χ1v) is 22.1. The van der Waals surface area contributed by atoms with Gasteiger partial charge in [0.2, 0.25) is 0 Å². The van der Waals surface area contributed by atoms with Gasteiger partial charge in [0.1, 0.15) is 61.0 Å². The van der Waals surface area contributed by atoms with Crippen LogP contribution in [0.5, 0.6) is 0 Å². The Hall–Kier alpha value is -0.980. The molecule has 0 aromatic carbocycles. The third kappa shape index (κ3) is 10.3. The highest BCUT2D eigenvalue weighted by Crippen LogP contribution is 2.59. The maximum atomic E-state index is 11.8. The average Bonchev–Trinajstić information content (AvgIpc) is 3.23. The van der Waals surface area contributed by atoms with Gasteiger partial charge in [-0.25, -0.2) is 0 Å². The van der Waals surface area contributed by atoms with E-state index in [-0.39, 0.29) is 24.0 Å². The Labute approximate surface area is 352 Å². The number of aliphatic hydroxyl groups excluding tert-OH is 11. The molecule has 3 aliphatic heterocycles. The lowest BCUT2D eigenvalue weighted by Gasteiger charge is -2.56. The minimum atomic E-state index is -1.97. The summed E-state index contributed by atoms with van der Waals surface area (Å²) in [7, 11) is 0. The summed E-state index contributed by atoms with van der Waals surface area (Å²) < 4.78 is 41.3. The van der Waals surface area contributed by atoms with Crippen LogP contribution < -0.4 is 0 Å². The fourth-order valence-electron chi connectivity index (χ4n) is 10.7. The zero-order valence-corrected chi connectivity index (χ0v) is 35.2. The molecule has 18 heteroatoms. The molecular formula is C42H72O18. The van der Waals surface area contributed by atoms with Gasteiger partial charge in [-0.05, 0) is 92.8 Å². The second-order valence-corrected chi connectivity index (χ2v) is 18.6. The van der Waals surface area contributed by atoms with E-state index in [9.17, 15) is 56.2 Å². The second kappa shape index (κ2) is 20.9. The molecule has 0 spiro atoms. The molecule has 0 aromatic rings. The summed E-state index contributed by atoms with van der Waals surface area (Å²) in [4.78, 5) is 0. The Morgan fingerprint density at radius 2 is 1.38 bits per heavy atom. The summed E-state index contributed by atoms with van der Waals surface area (Å²) in [5.74, 6) is 2.35. The molecule has 11 unspecified atom stereocenters. The highest BCUT2D eigenvalue weighted by atomic mass is 16.8. The summed E-state index contributed by atoms with van der Waals surface area (Å²) in [5.41, 5.74) is 1.21. The summed E-state index contributed by atoms with van der Waals surface area (Å²) in [6.45, 7) is 9.08. The van der Waals surface area contributed by atoms with Gasteiger partial charge in [0.25, 0.3) is 0 Å². The van der Waals surface area contributed by atoms with Crippen molar-refractivity contribution in [2.45, 2.75) is 197 Å². The van der Waals surface area contributed by atoms with Crippen molar-refractivity contribution in [2.75, 3.05) is 19.8 Å². The Balaban J connectivity index is 1.16. The van der Waals surface area contributed by atoms with Crippen molar-refractivity contribution >= 4 is 0 Å². The van der Waals surface area contributed by atoms with Crippen LogP contribution >= 0.6 is 0 Å². The molecule has 11 N–H and O–H groups in total. The molecular weight excluding hydrogens is 792 g/mol. The van der Waals surface area contributed by atoms with E-state index < -0.39 is 105 Å². The van der Waals surface area contributed by atoms with E-state index in [0.717, 1.165) is 51.4 Å². The van der Waals surface area contributed by atoms with E-state index in [1.165, 1.54) is 5.57 Å². The number of allylic oxidation sites excluding steroid dienone is 1. The van der Waals surface area contributed by atoms with Gasteiger partial charge in [0.15, 0.2) is 31.5 Å². The molecule has 5 fully saturated rings. The quantitative estimate of drug-likeness (QED) is 0.0841. The molecule has 0 radical (unpaired) electrons. The van der Waals surface area contributed by atoms with Crippen molar-refractivity contribution in [1.82, 2.24) is 0 Å². The average molecular weight is 865 g/mol. The van der Waals surface area contributed by atoms with E-state index in [1.54, 1.807) is 0 Å². The number of hydrogen-bond acceptors (Lipinski definition) is 18. The topological polar surface area (TPSA) is 287 Å². The predicted octanol–water partition coefficient (Wildman–Crippen LogP) is -0.872. The van der Waals surface area contributed by atoms with Crippen LogP contribution in [0.2, 0.25) is 0 Å². The number of rotatable bonds is 16. The zero-order chi connectivity index (χ0) is 43.6. The number of ether oxygens (including phenoxy) is 7. The predicted molar refractivity (Wildman–Crippen MR) is 208 cm³/mol. The maximum absolute atomic E-state index is 11.8. The minimum Gasteiger partial charge on any atom is -0.396 e. The highest BCUT2D eigenvalue weighted by molar-refractivity contribution is 5.24. The van der Waals surface area contributed by atoms with Crippen molar-refractivity contribution in [3.63, 3.8) is 0 Å². The van der Waals surface area contributed by atoms with Gasteiger partial charge in [-0.3, -0.25) is 0 Å². The van der Waals surface area contributed by atoms with Crippen molar-refractivity contribution in [3.8, 4) is 0 Å². The first kappa shape index (κ1) is 48.5. The molecule has 23 atom stereocenters. The highest BCUT2D eigenvalue weighted by Gasteiger charge is 2.56. The fraction of sp³-hybridized carbons (Fsp3) is 0.952. The van der Waals surface area contributed by atoms with Crippen molar-refractivity contribution in [3.05, 3.63) is 11.6 Å². The van der Waals surface area contributed by atoms with Gasteiger partial charge >= 0.3 is 0 Å². The molecule has 6 rings (SSSR count). The SMILES string of the molecule is CC[C@@H](CC[C@@H](C)CO)OCC[C@@H]1C(C)CC[C@H]2[C@H]1CC=C1CC(O[C@@H]3OC(CO)[C@@H](O[C@@H]4OC(O)[C@H](O)C(O)C4O)C(O)C3O[C@@H]3OC(O)[C@H](O)C(O)C3O)CC[C@@]12C. The molecule has 348 valence electrons. The third-order valence-corrected chi connectivity index (χ3v) is 14.7.